The van der Waals surface area contributed by atoms with Gasteiger partial charge in [0.05, 0.1) is 0 Å². The van der Waals surface area contributed by atoms with Gasteiger partial charge in [0.15, 0.2) is 0 Å². The molecular formula is C15H23N3O3. The molecule has 0 aliphatic rings. The summed E-state index contributed by atoms with van der Waals surface area (Å²) >= 11 is 0. The molecule has 0 radical (unpaired) electrons. The molecule has 1 aromatic carbocycles. The van der Waals surface area contributed by atoms with E-state index < -0.39 is 17.7 Å². The Kier molecular flexibility index (Phi) is 6.17. The van der Waals surface area contributed by atoms with Crippen LogP contribution in [0.3, 0.4) is 0 Å². The number of nitrogens with two attached hydrogens (primary N) is 1. The molecule has 1 atom stereocenters. The molecule has 21 heavy (non-hydrogen) atoms. The van der Waals surface area contributed by atoms with Gasteiger partial charge in [0.2, 0.25) is 5.91 Å². The molecule has 4 N–H and O–H groups in total. The first-order chi connectivity index (χ1) is 9.81. The maximum Gasteiger partial charge on any atom is 0.408 e. The largest absolute Gasteiger partial charge is 0.444 e. The van der Waals surface area contributed by atoms with Crippen LogP contribution < -0.4 is 16.4 Å². The molecule has 0 fully saturated rings. The van der Waals surface area contributed by atoms with Crippen molar-refractivity contribution in [2.24, 2.45) is 5.73 Å². The second kappa shape index (κ2) is 7.64. The van der Waals surface area contributed by atoms with E-state index in [0.717, 1.165) is 5.56 Å². The number of nitrogens with one attached hydrogen (secondary N) is 2. The van der Waals surface area contributed by atoms with E-state index in [9.17, 15) is 9.59 Å². The molecule has 116 valence electrons. The normalized spacial score (nSPS) is 12.4. The van der Waals surface area contributed by atoms with Gasteiger partial charge in [0.1, 0.15) is 11.6 Å². The zero-order valence-corrected chi connectivity index (χ0v) is 12.7. The number of amides is 2. The quantitative estimate of drug-likeness (QED) is 0.759. The molecular weight excluding hydrogens is 270 g/mol. The van der Waals surface area contributed by atoms with Crippen molar-refractivity contribution in [1.82, 2.24) is 10.6 Å². The summed E-state index contributed by atoms with van der Waals surface area (Å²) in [4.78, 5) is 23.6. The highest BCUT2D eigenvalue weighted by Gasteiger charge is 2.22. The van der Waals surface area contributed by atoms with E-state index in [0.29, 0.717) is 6.54 Å². The number of rotatable bonds is 5. The van der Waals surface area contributed by atoms with Gasteiger partial charge in [0, 0.05) is 13.1 Å². The van der Waals surface area contributed by atoms with Crippen molar-refractivity contribution < 1.29 is 14.3 Å². The van der Waals surface area contributed by atoms with Crippen LogP contribution in [-0.2, 0) is 16.1 Å². The molecule has 0 saturated carbocycles. The van der Waals surface area contributed by atoms with E-state index in [2.05, 4.69) is 10.6 Å². The van der Waals surface area contributed by atoms with Crippen LogP contribution in [0.25, 0.3) is 0 Å². The van der Waals surface area contributed by atoms with E-state index in [1.54, 1.807) is 20.8 Å². The Morgan fingerprint density at radius 2 is 1.86 bits per heavy atom. The SMILES string of the molecule is CC(C)(C)OC(=O)N[C@@H](CN)C(=O)NCc1ccccc1. The van der Waals surface area contributed by atoms with Crippen molar-refractivity contribution in [3.63, 3.8) is 0 Å². The lowest BCUT2D eigenvalue weighted by molar-refractivity contribution is -0.123. The zero-order valence-electron chi connectivity index (χ0n) is 12.7. The number of benzene rings is 1. The van der Waals surface area contributed by atoms with E-state index in [4.69, 9.17) is 10.5 Å². The van der Waals surface area contributed by atoms with Gasteiger partial charge in [-0.15, -0.1) is 0 Å². The monoisotopic (exact) mass is 293 g/mol. The number of carbonyl (C=O) groups excluding carboxylic acids is 2. The molecule has 0 unspecified atom stereocenters. The van der Waals surface area contributed by atoms with Gasteiger partial charge in [-0.3, -0.25) is 4.79 Å². The van der Waals surface area contributed by atoms with E-state index in [1.807, 2.05) is 30.3 Å². The van der Waals surface area contributed by atoms with Gasteiger partial charge in [-0.05, 0) is 26.3 Å². The first-order valence-corrected chi connectivity index (χ1v) is 6.83. The number of hydrogen-bond acceptors (Lipinski definition) is 4. The van der Waals surface area contributed by atoms with Crippen molar-refractivity contribution in [2.45, 2.75) is 39.0 Å². The Hall–Kier alpha value is -2.08. The van der Waals surface area contributed by atoms with Crippen LogP contribution in [0.1, 0.15) is 26.3 Å². The van der Waals surface area contributed by atoms with Crippen LogP contribution in [0.4, 0.5) is 4.79 Å². The Morgan fingerprint density at radius 3 is 2.38 bits per heavy atom. The Balaban J connectivity index is 2.48. The molecule has 0 heterocycles. The van der Waals surface area contributed by atoms with Crippen LogP contribution in [-0.4, -0.2) is 30.2 Å². The standard InChI is InChI=1S/C15H23N3O3/c1-15(2,3)21-14(20)18-12(9-16)13(19)17-10-11-7-5-4-6-8-11/h4-8,12H,9-10,16H2,1-3H3,(H,17,19)(H,18,20)/t12-/m0/s1. The smallest absolute Gasteiger partial charge is 0.408 e. The lowest BCUT2D eigenvalue weighted by Crippen LogP contribution is -2.51. The predicted octanol–water partition coefficient (Wildman–Crippen LogP) is 1.15. The first-order valence-electron chi connectivity index (χ1n) is 6.83. The van der Waals surface area contributed by atoms with Gasteiger partial charge in [-0.2, -0.15) is 0 Å². The van der Waals surface area contributed by atoms with Crippen molar-refractivity contribution in [3.8, 4) is 0 Å². The van der Waals surface area contributed by atoms with Crippen LogP contribution in [0.15, 0.2) is 30.3 Å². The van der Waals surface area contributed by atoms with Crippen molar-refractivity contribution in [1.29, 1.82) is 0 Å². The average Bonchev–Trinajstić information content (AvgIpc) is 2.41. The topological polar surface area (TPSA) is 93.4 Å². The van der Waals surface area contributed by atoms with E-state index in [-0.39, 0.29) is 12.5 Å². The van der Waals surface area contributed by atoms with Gasteiger partial charge >= 0.3 is 6.09 Å². The highest BCUT2D eigenvalue weighted by atomic mass is 16.6. The van der Waals surface area contributed by atoms with Gasteiger partial charge in [-0.1, -0.05) is 30.3 Å². The second-order valence-corrected chi connectivity index (χ2v) is 5.64. The second-order valence-electron chi connectivity index (χ2n) is 5.64. The van der Waals surface area contributed by atoms with E-state index in [1.165, 1.54) is 0 Å². The molecule has 0 saturated heterocycles. The summed E-state index contributed by atoms with van der Waals surface area (Å²) in [7, 11) is 0. The lowest BCUT2D eigenvalue weighted by Gasteiger charge is -2.22. The number of alkyl carbamates (subject to hydrolysis) is 1. The van der Waals surface area contributed by atoms with Crippen molar-refractivity contribution in [3.05, 3.63) is 35.9 Å². The van der Waals surface area contributed by atoms with Crippen molar-refractivity contribution in [2.75, 3.05) is 6.54 Å². The summed E-state index contributed by atoms with van der Waals surface area (Å²) < 4.78 is 5.10. The Bertz CT molecular complexity index is 469. The minimum Gasteiger partial charge on any atom is -0.444 e. The van der Waals surface area contributed by atoms with Gasteiger partial charge in [0.25, 0.3) is 0 Å². The van der Waals surface area contributed by atoms with Gasteiger partial charge < -0.3 is 21.1 Å². The fourth-order valence-corrected chi connectivity index (χ4v) is 1.59. The molecule has 2 amide bonds. The van der Waals surface area contributed by atoms with Crippen LogP contribution >= 0.6 is 0 Å². The summed E-state index contributed by atoms with van der Waals surface area (Å²) in [5, 5.41) is 5.19. The fourth-order valence-electron chi connectivity index (χ4n) is 1.59. The molecule has 6 heteroatoms. The molecule has 0 aliphatic carbocycles. The summed E-state index contributed by atoms with van der Waals surface area (Å²) in [6.45, 7) is 5.63. The summed E-state index contributed by atoms with van der Waals surface area (Å²) in [5.74, 6) is -0.341. The van der Waals surface area contributed by atoms with Crippen LogP contribution in [0, 0.1) is 0 Å². The zero-order chi connectivity index (χ0) is 15.9. The minimum absolute atomic E-state index is 0.000133. The molecule has 0 bridgehead atoms. The van der Waals surface area contributed by atoms with E-state index >= 15 is 0 Å². The third kappa shape index (κ3) is 6.76. The first kappa shape index (κ1) is 17.0. The molecule has 6 nitrogen and oxygen atoms in total. The Labute approximate surface area is 125 Å². The molecule has 0 spiro atoms. The van der Waals surface area contributed by atoms with Crippen LogP contribution in [0.5, 0.6) is 0 Å². The van der Waals surface area contributed by atoms with Crippen molar-refractivity contribution >= 4 is 12.0 Å². The minimum atomic E-state index is -0.816. The van der Waals surface area contributed by atoms with Crippen LogP contribution in [0.2, 0.25) is 0 Å². The average molecular weight is 293 g/mol. The number of ether oxygens (including phenoxy) is 1. The number of carbonyl (C=O) groups is 2. The summed E-state index contributed by atoms with van der Waals surface area (Å²) in [6.07, 6.45) is -0.659. The maximum absolute atomic E-state index is 12.0. The highest BCUT2D eigenvalue weighted by Crippen LogP contribution is 2.06. The number of hydrogen-bond donors (Lipinski definition) is 3. The highest BCUT2D eigenvalue weighted by molar-refractivity contribution is 5.85. The molecule has 0 aliphatic heterocycles. The van der Waals surface area contributed by atoms with Gasteiger partial charge in [-0.25, -0.2) is 4.79 Å². The fraction of sp³-hybridized carbons (Fsp3) is 0.467. The predicted molar refractivity (Wildman–Crippen MR) is 80.5 cm³/mol. The molecule has 1 rings (SSSR count). The lowest BCUT2D eigenvalue weighted by atomic mass is 10.2. The third-order valence-corrected chi connectivity index (χ3v) is 2.55. The Morgan fingerprint density at radius 1 is 1.24 bits per heavy atom. The maximum atomic E-state index is 12.0. The molecule has 1 aromatic rings. The third-order valence-electron chi connectivity index (χ3n) is 2.55. The summed E-state index contributed by atoms with van der Waals surface area (Å²) in [6, 6.07) is 8.67. The molecule has 0 aromatic heterocycles. The summed E-state index contributed by atoms with van der Waals surface area (Å²) in [5.41, 5.74) is 5.87.